The highest BCUT2D eigenvalue weighted by Gasteiger charge is 2.05. The lowest BCUT2D eigenvalue weighted by atomic mass is 10.0. The van der Waals surface area contributed by atoms with Gasteiger partial charge in [-0.3, -0.25) is 9.36 Å². The summed E-state index contributed by atoms with van der Waals surface area (Å²) < 4.78 is 3.98. The van der Waals surface area contributed by atoms with E-state index in [-0.39, 0.29) is 0 Å². The summed E-state index contributed by atoms with van der Waals surface area (Å²) in [6.07, 6.45) is 5.15. The Balaban J connectivity index is 0.000000199. The number of nitrogens with zero attached hydrogens (tertiary/aromatic N) is 4. The SMILES string of the molecule is CC.CC(C)c1ccc2cnn(C)c2c1.CCc1cccc2nn(CC(C)C)cc12. The first-order valence-corrected chi connectivity index (χ1v) is 11.3. The highest BCUT2D eigenvalue weighted by atomic mass is 15.3. The molecule has 0 amide bonds. The van der Waals surface area contributed by atoms with Gasteiger partial charge in [0.15, 0.2) is 0 Å². The lowest BCUT2D eigenvalue weighted by Gasteiger charge is -2.04. The molecular formula is C26H38N4. The zero-order valence-corrected chi connectivity index (χ0v) is 20.0. The van der Waals surface area contributed by atoms with Crippen LogP contribution >= 0.6 is 0 Å². The molecule has 0 bridgehead atoms. The summed E-state index contributed by atoms with van der Waals surface area (Å²) >= 11 is 0. The van der Waals surface area contributed by atoms with Crippen LogP contribution in [0.15, 0.2) is 48.8 Å². The number of aromatic nitrogens is 4. The summed E-state index contributed by atoms with van der Waals surface area (Å²) in [5, 5.41) is 11.3. The molecule has 0 unspecified atom stereocenters. The molecule has 0 N–H and O–H groups in total. The van der Waals surface area contributed by atoms with Crippen LogP contribution in [0.5, 0.6) is 0 Å². The number of rotatable bonds is 4. The Bertz CT molecular complexity index is 1050. The molecular weight excluding hydrogens is 368 g/mol. The second-order valence-corrected chi connectivity index (χ2v) is 8.19. The number of aryl methyl sites for hydroxylation is 2. The van der Waals surface area contributed by atoms with Crippen LogP contribution in [-0.4, -0.2) is 19.6 Å². The fraction of sp³-hybridized carbons (Fsp3) is 0.462. The van der Waals surface area contributed by atoms with Gasteiger partial charge in [-0.25, -0.2) is 0 Å². The molecule has 0 spiro atoms. The quantitative estimate of drug-likeness (QED) is 0.366. The minimum Gasteiger partial charge on any atom is -0.271 e. The van der Waals surface area contributed by atoms with E-state index in [0.29, 0.717) is 11.8 Å². The monoisotopic (exact) mass is 406 g/mol. The summed E-state index contributed by atoms with van der Waals surface area (Å²) in [7, 11) is 1.98. The van der Waals surface area contributed by atoms with E-state index in [0.717, 1.165) is 18.5 Å². The molecule has 4 heteroatoms. The Morgan fingerprint density at radius 1 is 1.00 bits per heavy atom. The minimum atomic E-state index is 0.583. The number of hydrogen-bond acceptors (Lipinski definition) is 2. The average Bonchev–Trinajstić information content (AvgIpc) is 3.31. The highest BCUT2D eigenvalue weighted by Crippen LogP contribution is 2.20. The molecule has 2 aromatic heterocycles. The summed E-state index contributed by atoms with van der Waals surface area (Å²) in [5.41, 5.74) is 5.10. The zero-order chi connectivity index (χ0) is 22.3. The maximum Gasteiger partial charge on any atom is 0.0926 e. The van der Waals surface area contributed by atoms with Gasteiger partial charge in [0.05, 0.1) is 17.2 Å². The van der Waals surface area contributed by atoms with Gasteiger partial charge in [0.1, 0.15) is 0 Å². The highest BCUT2D eigenvalue weighted by molar-refractivity contribution is 5.81. The topological polar surface area (TPSA) is 35.6 Å². The van der Waals surface area contributed by atoms with Crippen LogP contribution in [0.4, 0.5) is 0 Å². The van der Waals surface area contributed by atoms with Gasteiger partial charge >= 0.3 is 0 Å². The fourth-order valence-electron chi connectivity index (χ4n) is 3.45. The van der Waals surface area contributed by atoms with Crippen molar-refractivity contribution in [1.82, 2.24) is 19.6 Å². The predicted octanol–water partition coefficient (Wildman–Crippen LogP) is 6.98. The Morgan fingerprint density at radius 2 is 1.73 bits per heavy atom. The predicted molar refractivity (Wildman–Crippen MR) is 130 cm³/mol. The zero-order valence-electron chi connectivity index (χ0n) is 20.0. The largest absolute Gasteiger partial charge is 0.271 e. The first-order valence-electron chi connectivity index (χ1n) is 11.3. The molecule has 30 heavy (non-hydrogen) atoms. The molecule has 4 nitrogen and oxygen atoms in total. The van der Waals surface area contributed by atoms with E-state index in [1.807, 2.05) is 31.8 Å². The number of fused-ring (bicyclic) bond motifs is 2. The van der Waals surface area contributed by atoms with Crippen molar-refractivity contribution in [3.8, 4) is 0 Å². The molecule has 162 valence electrons. The Morgan fingerprint density at radius 3 is 2.37 bits per heavy atom. The van der Waals surface area contributed by atoms with E-state index in [4.69, 9.17) is 0 Å². The molecule has 4 rings (SSSR count). The smallest absolute Gasteiger partial charge is 0.0926 e. The van der Waals surface area contributed by atoms with Gasteiger partial charge in [0, 0.05) is 30.6 Å². The number of hydrogen-bond donors (Lipinski definition) is 0. The fourth-order valence-corrected chi connectivity index (χ4v) is 3.45. The summed E-state index contributed by atoms with van der Waals surface area (Å²) in [6, 6.07) is 12.9. The third-order valence-electron chi connectivity index (χ3n) is 5.06. The summed E-state index contributed by atoms with van der Waals surface area (Å²) in [4.78, 5) is 0. The van der Waals surface area contributed by atoms with E-state index in [1.165, 1.54) is 27.4 Å². The first kappa shape index (κ1) is 23.7. The minimum absolute atomic E-state index is 0.583. The van der Waals surface area contributed by atoms with E-state index in [2.05, 4.69) is 92.1 Å². The van der Waals surface area contributed by atoms with E-state index in [1.54, 1.807) is 0 Å². The second-order valence-electron chi connectivity index (χ2n) is 8.19. The molecule has 0 atom stereocenters. The van der Waals surface area contributed by atoms with Crippen molar-refractivity contribution in [3.63, 3.8) is 0 Å². The standard InChI is InChI=1S/C13H18N2.C11H14N2.C2H6/c1-4-11-6-5-7-13-12(11)9-15(14-13)8-10(2)3;1-8(2)9-4-5-10-7-12-13(3)11(10)6-9;1-2/h5-7,9-10H,4,8H2,1-3H3;4-8H,1-3H3;1-2H3. The molecule has 0 fully saturated rings. The van der Waals surface area contributed by atoms with Crippen molar-refractivity contribution in [2.45, 2.75) is 67.3 Å². The van der Waals surface area contributed by atoms with E-state index < -0.39 is 0 Å². The van der Waals surface area contributed by atoms with Crippen LogP contribution in [0.2, 0.25) is 0 Å². The maximum atomic E-state index is 4.58. The van der Waals surface area contributed by atoms with Gasteiger partial charge in [-0.1, -0.05) is 72.7 Å². The van der Waals surface area contributed by atoms with Crippen molar-refractivity contribution in [1.29, 1.82) is 0 Å². The molecule has 0 radical (unpaired) electrons. The van der Waals surface area contributed by atoms with Crippen LogP contribution < -0.4 is 0 Å². The average molecular weight is 407 g/mol. The van der Waals surface area contributed by atoms with Crippen molar-refractivity contribution in [3.05, 3.63) is 59.9 Å². The Hall–Kier alpha value is -2.62. The van der Waals surface area contributed by atoms with Crippen LogP contribution in [0.25, 0.3) is 21.8 Å². The van der Waals surface area contributed by atoms with Crippen LogP contribution in [0, 0.1) is 5.92 Å². The van der Waals surface area contributed by atoms with Gasteiger partial charge in [0.25, 0.3) is 0 Å². The van der Waals surface area contributed by atoms with E-state index in [9.17, 15) is 0 Å². The first-order chi connectivity index (χ1) is 14.4. The lowest BCUT2D eigenvalue weighted by molar-refractivity contribution is 0.486. The van der Waals surface area contributed by atoms with Crippen molar-refractivity contribution in [2.75, 3.05) is 0 Å². The van der Waals surface area contributed by atoms with E-state index >= 15 is 0 Å². The van der Waals surface area contributed by atoms with Gasteiger partial charge in [0.2, 0.25) is 0 Å². The molecule has 2 heterocycles. The van der Waals surface area contributed by atoms with Crippen molar-refractivity contribution < 1.29 is 0 Å². The molecule has 0 saturated carbocycles. The van der Waals surface area contributed by atoms with Crippen LogP contribution in [-0.2, 0) is 20.0 Å². The van der Waals surface area contributed by atoms with Gasteiger partial charge in [-0.2, -0.15) is 10.2 Å². The third-order valence-corrected chi connectivity index (χ3v) is 5.06. The third kappa shape index (κ3) is 5.71. The molecule has 0 aliphatic carbocycles. The molecule has 0 saturated heterocycles. The van der Waals surface area contributed by atoms with Gasteiger partial charge in [-0.15, -0.1) is 0 Å². The summed E-state index contributed by atoms with van der Waals surface area (Å²) in [5.74, 6) is 1.23. The second kappa shape index (κ2) is 11.0. The van der Waals surface area contributed by atoms with Crippen molar-refractivity contribution >= 4 is 21.8 Å². The van der Waals surface area contributed by atoms with Gasteiger partial charge in [-0.05, 0) is 41.5 Å². The van der Waals surface area contributed by atoms with Crippen LogP contribution in [0.1, 0.15) is 65.5 Å². The molecule has 2 aromatic carbocycles. The normalized spacial score (nSPS) is 10.9. The molecule has 0 aliphatic rings. The van der Waals surface area contributed by atoms with Gasteiger partial charge < -0.3 is 0 Å². The molecule has 0 aliphatic heterocycles. The van der Waals surface area contributed by atoms with Crippen molar-refractivity contribution in [2.24, 2.45) is 13.0 Å². The number of benzene rings is 2. The van der Waals surface area contributed by atoms with Crippen LogP contribution in [0.3, 0.4) is 0 Å². The Kier molecular flexibility index (Phi) is 8.64. The molecule has 4 aromatic rings. The maximum absolute atomic E-state index is 4.58. The lowest BCUT2D eigenvalue weighted by Crippen LogP contribution is -2.04. The Labute approximate surface area is 181 Å². The summed E-state index contributed by atoms with van der Waals surface area (Å²) in [6.45, 7) is 16.0.